The van der Waals surface area contributed by atoms with Crippen molar-refractivity contribution in [2.45, 2.75) is 31.6 Å². The lowest BCUT2D eigenvalue weighted by atomic mass is 10.0. The number of carbonyl (C=O) groups excluding carboxylic acids is 1. The first-order valence-electron chi connectivity index (χ1n) is 10.2. The lowest BCUT2D eigenvalue weighted by Gasteiger charge is -2.32. The maximum absolute atomic E-state index is 12.8. The predicted octanol–water partition coefficient (Wildman–Crippen LogP) is 2.40. The van der Waals surface area contributed by atoms with Gasteiger partial charge in [-0.25, -0.2) is 4.79 Å². The number of carbonyl (C=O) groups is 2. The number of carboxylic acid groups (broad SMARTS) is 1. The molecule has 0 spiro atoms. The summed E-state index contributed by atoms with van der Waals surface area (Å²) in [6, 6.07) is 8.64. The van der Waals surface area contributed by atoms with E-state index in [1.807, 2.05) is 17.0 Å². The van der Waals surface area contributed by atoms with Gasteiger partial charge in [0.2, 0.25) is 5.91 Å². The van der Waals surface area contributed by atoms with Crippen molar-refractivity contribution in [1.29, 1.82) is 0 Å². The Morgan fingerprint density at radius 3 is 2.29 bits per heavy atom. The number of hydrogen-bond acceptors (Lipinski definition) is 5. The maximum atomic E-state index is 12.8. The van der Waals surface area contributed by atoms with Crippen LogP contribution in [0, 0.1) is 11.8 Å². The van der Waals surface area contributed by atoms with Gasteiger partial charge in [-0.05, 0) is 30.5 Å². The van der Waals surface area contributed by atoms with Crippen LogP contribution in [-0.4, -0.2) is 79.0 Å². The fourth-order valence-corrected chi connectivity index (χ4v) is 4.42. The van der Waals surface area contributed by atoms with Crippen LogP contribution in [0.5, 0.6) is 5.75 Å². The zero-order valence-corrected chi connectivity index (χ0v) is 17.3. The molecule has 1 aromatic carbocycles. The number of nitrogens with zero attached hydrogens (tertiary/aromatic N) is 2. The standard InChI is InChI=1S/C19H26N2O3.C2HF3O2/c1-23-17-4-2-14(3-5-17)10-21-12-15-11-20(13-18(15)19(21)22)16-6-8-24-9-7-16;3-2(4,5)1(6)7/h2-5,15-16,18H,6-13H2,1H3;(H,6,7)/t15-,18-;/m0./s1. The molecule has 0 bridgehead atoms. The number of amides is 1. The van der Waals surface area contributed by atoms with Crippen molar-refractivity contribution in [1.82, 2.24) is 9.80 Å². The number of benzene rings is 1. The molecule has 0 unspecified atom stereocenters. The number of methoxy groups -OCH3 is 1. The highest BCUT2D eigenvalue weighted by molar-refractivity contribution is 5.82. The molecule has 172 valence electrons. The molecule has 3 heterocycles. The molecule has 7 nitrogen and oxygen atoms in total. The van der Waals surface area contributed by atoms with E-state index in [2.05, 4.69) is 17.0 Å². The number of halogens is 3. The Morgan fingerprint density at radius 2 is 1.77 bits per heavy atom. The lowest BCUT2D eigenvalue weighted by molar-refractivity contribution is -0.192. The number of rotatable bonds is 4. The molecule has 3 saturated heterocycles. The molecule has 1 aromatic rings. The van der Waals surface area contributed by atoms with E-state index in [1.54, 1.807) is 7.11 Å². The molecule has 3 fully saturated rings. The number of hydrogen-bond donors (Lipinski definition) is 1. The van der Waals surface area contributed by atoms with Crippen molar-refractivity contribution >= 4 is 11.9 Å². The van der Waals surface area contributed by atoms with Crippen LogP contribution in [0.4, 0.5) is 13.2 Å². The Morgan fingerprint density at radius 1 is 1.16 bits per heavy atom. The highest BCUT2D eigenvalue weighted by Crippen LogP contribution is 2.35. The minimum atomic E-state index is -5.08. The Bertz CT molecular complexity index is 765. The first kappa shape index (κ1) is 23.3. The molecular formula is C21H27F3N2O5. The molecule has 4 rings (SSSR count). The topological polar surface area (TPSA) is 79.3 Å². The monoisotopic (exact) mass is 444 g/mol. The second-order valence-corrected chi connectivity index (χ2v) is 8.03. The average Bonchev–Trinajstić information content (AvgIpc) is 3.29. The van der Waals surface area contributed by atoms with Crippen LogP contribution < -0.4 is 4.74 Å². The second-order valence-electron chi connectivity index (χ2n) is 8.03. The Kier molecular flexibility index (Phi) is 7.42. The zero-order chi connectivity index (χ0) is 22.6. The van der Waals surface area contributed by atoms with E-state index in [0.717, 1.165) is 51.4 Å². The van der Waals surface area contributed by atoms with Crippen molar-refractivity contribution in [3.63, 3.8) is 0 Å². The average molecular weight is 444 g/mol. The third-order valence-electron chi connectivity index (χ3n) is 6.04. The third-order valence-corrected chi connectivity index (χ3v) is 6.04. The fraction of sp³-hybridized carbons (Fsp3) is 0.619. The van der Waals surface area contributed by atoms with Crippen LogP contribution >= 0.6 is 0 Å². The van der Waals surface area contributed by atoms with Crippen molar-refractivity contribution in [2.24, 2.45) is 11.8 Å². The summed E-state index contributed by atoms with van der Waals surface area (Å²) in [6.45, 7) is 5.36. The van der Waals surface area contributed by atoms with E-state index >= 15 is 0 Å². The molecule has 3 aliphatic rings. The second kappa shape index (κ2) is 9.86. The van der Waals surface area contributed by atoms with Gasteiger partial charge >= 0.3 is 12.1 Å². The summed E-state index contributed by atoms with van der Waals surface area (Å²) < 4.78 is 42.4. The minimum absolute atomic E-state index is 0.200. The van der Waals surface area contributed by atoms with E-state index in [-0.39, 0.29) is 5.92 Å². The first-order chi connectivity index (χ1) is 14.7. The van der Waals surface area contributed by atoms with Gasteiger partial charge in [0.15, 0.2) is 0 Å². The smallest absolute Gasteiger partial charge is 0.490 e. The SMILES string of the molecule is COc1ccc(CN2C[C@@H]3CN(C4CCOCC4)C[C@@H]3C2=O)cc1.O=C(O)C(F)(F)F. The van der Waals surface area contributed by atoms with E-state index in [1.165, 1.54) is 5.56 Å². The molecule has 10 heteroatoms. The zero-order valence-electron chi connectivity index (χ0n) is 17.3. The van der Waals surface area contributed by atoms with Crippen molar-refractivity contribution in [2.75, 3.05) is 40.0 Å². The Labute approximate surface area is 178 Å². The van der Waals surface area contributed by atoms with Crippen molar-refractivity contribution in [3.8, 4) is 5.75 Å². The van der Waals surface area contributed by atoms with Gasteiger partial charge in [-0.15, -0.1) is 0 Å². The summed E-state index contributed by atoms with van der Waals surface area (Å²) in [4.78, 5) is 26.3. The van der Waals surface area contributed by atoms with Gasteiger partial charge in [-0.2, -0.15) is 13.2 Å². The minimum Gasteiger partial charge on any atom is -0.497 e. The number of likely N-dealkylation sites (tertiary alicyclic amines) is 2. The van der Waals surface area contributed by atoms with Crippen LogP contribution in [0.25, 0.3) is 0 Å². The summed E-state index contributed by atoms with van der Waals surface area (Å²) in [5.41, 5.74) is 1.17. The summed E-state index contributed by atoms with van der Waals surface area (Å²) in [7, 11) is 1.67. The molecule has 0 aromatic heterocycles. The number of aliphatic carboxylic acids is 1. The maximum Gasteiger partial charge on any atom is 0.490 e. The van der Waals surface area contributed by atoms with Crippen LogP contribution in [-0.2, 0) is 20.9 Å². The van der Waals surface area contributed by atoms with E-state index < -0.39 is 12.1 Å². The molecule has 1 N–H and O–H groups in total. The summed E-state index contributed by atoms with van der Waals surface area (Å²) in [6.07, 6.45) is -2.85. The van der Waals surface area contributed by atoms with Gasteiger partial charge in [0, 0.05) is 51.4 Å². The molecular weight excluding hydrogens is 417 g/mol. The van der Waals surface area contributed by atoms with Gasteiger partial charge in [0.05, 0.1) is 13.0 Å². The number of carboxylic acids is 1. The number of fused-ring (bicyclic) bond motifs is 1. The molecule has 0 aliphatic carbocycles. The quantitative estimate of drug-likeness (QED) is 0.769. The fourth-order valence-electron chi connectivity index (χ4n) is 4.42. The van der Waals surface area contributed by atoms with Crippen LogP contribution in [0.3, 0.4) is 0 Å². The third kappa shape index (κ3) is 5.88. The van der Waals surface area contributed by atoms with E-state index in [9.17, 15) is 18.0 Å². The number of ether oxygens (including phenoxy) is 2. The highest BCUT2D eigenvalue weighted by atomic mass is 19.4. The Hall–Kier alpha value is -2.33. The number of alkyl halides is 3. The van der Waals surface area contributed by atoms with E-state index in [4.69, 9.17) is 19.4 Å². The lowest BCUT2D eigenvalue weighted by Crippen LogP contribution is -2.40. The van der Waals surface area contributed by atoms with Crippen LogP contribution in [0.2, 0.25) is 0 Å². The van der Waals surface area contributed by atoms with Gasteiger partial charge < -0.3 is 19.5 Å². The highest BCUT2D eigenvalue weighted by Gasteiger charge is 2.47. The largest absolute Gasteiger partial charge is 0.497 e. The van der Waals surface area contributed by atoms with Crippen molar-refractivity contribution in [3.05, 3.63) is 29.8 Å². The Balaban J connectivity index is 0.000000339. The summed E-state index contributed by atoms with van der Waals surface area (Å²) in [5.74, 6) is -0.863. The summed E-state index contributed by atoms with van der Waals surface area (Å²) >= 11 is 0. The van der Waals surface area contributed by atoms with Gasteiger partial charge in [0.25, 0.3) is 0 Å². The predicted molar refractivity (Wildman–Crippen MR) is 104 cm³/mol. The van der Waals surface area contributed by atoms with E-state index in [0.29, 0.717) is 24.4 Å². The van der Waals surface area contributed by atoms with Gasteiger partial charge in [0.1, 0.15) is 5.75 Å². The molecule has 0 radical (unpaired) electrons. The van der Waals surface area contributed by atoms with Crippen LogP contribution in [0.1, 0.15) is 18.4 Å². The summed E-state index contributed by atoms with van der Waals surface area (Å²) in [5, 5.41) is 7.12. The molecule has 2 atom stereocenters. The molecule has 31 heavy (non-hydrogen) atoms. The van der Waals surface area contributed by atoms with Crippen LogP contribution in [0.15, 0.2) is 24.3 Å². The molecule has 0 saturated carbocycles. The normalized spacial score (nSPS) is 24.5. The van der Waals surface area contributed by atoms with Crippen molar-refractivity contribution < 1.29 is 37.3 Å². The van der Waals surface area contributed by atoms with Gasteiger partial charge in [-0.1, -0.05) is 12.1 Å². The molecule has 3 aliphatic heterocycles. The molecule has 1 amide bonds. The first-order valence-corrected chi connectivity index (χ1v) is 10.2. The van der Waals surface area contributed by atoms with Gasteiger partial charge in [-0.3, -0.25) is 9.69 Å².